The van der Waals surface area contributed by atoms with Crippen LogP contribution in [0.15, 0.2) is 0 Å². The van der Waals surface area contributed by atoms with Crippen molar-refractivity contribution in [2.24, 2.45) is 11.8 Å². The Morgan fingerprint density at radius 1 is 1.39 bits per heavy atom. The molecule has 3 unspecified atom stereocenters. The Hall–Kier alpha value is -0.570. The molecular weight excluding hydrogens is 224 g/mol. The summed E-state index contributed by atoms with van der Waals surface area (Å²) in [4.78, 5) is 14.5. The van der Waals surface area contributed by atoms with Gasteiger partial charge in [-0.05, 0) is 57.0 Å². The molecule has 0 spiro atoms. The summed E-state index contributed by atoms with van der Waals surface area (Å²) in [7, 11) is 0. The molecule has 2 heterocycles. The van der Waals surface area contributed by atoms with Gasteiger partial charge in [-0.15, -0.1) is 0 Å². The minimum atomic E-state index is 0.400. The smallest absolute Gasteiger partial charge is 0.223 e. The molecular formula is C15H28N2O. The van der Waals surface area contributed by atoms with Crippen molar-refractivity contribution < 1.29 is 4.79 Å². The van der Waals surface area contributed by atoms with Gasteiger partial charge in [-0.2, -0.15) is 0 Å². The summed E-state index contributed by atoms with van der Waals surface area (Å²) in [5.74, 6) is 1.63. The van der Waals surface area contributed by atoms with Gasteiger partial charge in [0.05, 0.1) is 0 Å². The summed E-state index contributed by atoms with van der Waals surface area (Å²) in [5.41, 5.74) is 0. The molecule has 3 nitrogen and oxygen atoms in total. The van der Waals surface area contributed by atoms with Gasteiger partial charge >= 0.3 is 0 Å². The van der Waals surface area contributed by atoms with Crippen LogP contribution in [0.4, 0.5) is 0 Å². The van der Waals surface area contributed by atoms with Gasteiger partial charge in [0.15, 0.2) is 0 Å². The fourth-order valence-corrected chi connectivity index (χ4v) is 3.51. The minimum Gasteiger partial charge on any atom is -0.340 e. The van der Waals surface area contributed by atoms with Crippen molar-refractivity contribution in [2.75, 3.05) is 19.6 Å². The molecule has 2 aliphatic heterocycles. The Labute approximate surface area is 111 Å². The van der Waals surface area contributed by atoms with Crippen molar-refractivity contribution in [1.29, 1.82) is 0 Å². The van der Waals surface area contributed by atoms with Gasteiger partial charge in [-0.1, -0.05) is 13.8 Å². The lowest BCUT2D eigenvalue weighted by atomic mass is 9.85. The van der Waals surface area contributed by atoms with Crippen molar-refractivity contribution in [3.05, 3.63) is 0 Å². The molecule has 2 saturated heterocycles. The highest BCUT2D eigenvalue weighted by Crippen LogP contribution is 2.26. The molecule has 3 atom stereocenters. The summed E-state index contributed by atoms with van der Waals surface area (Å²) in [6, 6.07) is 0.522. The van der Waals surface area contributed by atoms with Gasteiger partial charge in [0.2, 0.25) is 5.91 Å². The van der Waals surface area contributed by atoms with Crippen LogP contribution in [-0.4, -0.2) is 36.5 Å². The normalized spacial score (nSPS) is 30.4. The van der Waals surface area contributed by atoms with Crippen LogP contribution >= 0.6 is 0 Å². The predicted octanol–water partition coefficient (Wildman–Crippen LogP) is 2.41. The van der Waals surface area contributed by atoms with Gasteiger partial charge in [-0.25, -0.2) is 0 Å². The Morgan fingerprint density at radius 3 is 2.89 bits per heavy atom. The van der Waals surface area contributed by atoms with Crippen LogP contribution in [0.1, 0.15) is 52.4 Å². The highest BCUT2D eigenvalue weighted by atomic mass is 16.2. The van der Waals surface area contributed by atoms with Crippen LogP contribution in [0.2, 0.25) is 0 Å². The van der Waals surface area contributed by atoms with Crippen LogP contribution < -0.4 is 5.32 Å². The molecule has 3 heteroatoms. The molecule has 0 aliphatic carbocycles. The monoisotopic (exact) mass is 252 g/mol. The zero-order valence-electron chi connectivity index (χ0n) is 12.0. The second-order valence-electron chi connectivity index (χ2n) is 6.08. The van der Waals surface area contributed by atoms with Crippen LogP contribution in [-0.2, 0) is 4.79 Å². The van der Waals surface area contributed by atoms with E-state index in [1.54, 1.807) is 0 Å². The average molecular weight is 252 g/mol. The second-order valence-corrected chi connectivity index (χ2v) is 6.08. The van der Waals surface area contributed by atoms with E-state index in [-0.39, 0.29) is 0 Å². The molecule has 2 rings (SSSR count). The molecule has 104 valence electrons. The molecule has 2 aliphatic rings. The van der Waals surface area contributed by atoms with E-state index >= 15 is 0 Å². The summed E-state index contributed by atoms with van der Waals surface area (Å²) in [5, 5.41) is 3.45. The van der Waals surface area contributed by atoms with Crippen LogP contribution in [0.25, 0.3) is 0 Å². The SMILES string of the molecule is CCC1CCCN1C(=O)CC(C)C1CCCNC1. The number of carbonyl (C=O) groups excluding carboxylic acids is 1. The molecule has 2 fully saturated rings. The zero-order chi connectivity index (χ0) is 13.0. The lowest BCUT2D eigenvalue weighted by molar-refractivity contribution is -0.133. The lowest BCUT2D eigenvalue weighted by Crippen LogP contribution is -2.39. The molecule has 18 heavy (non-hydrogen) atoms. The van der Waals surface area contributed by atoms with Crippen molar-refractivity contribution in [1.82, 2.24) is 10.2 Å². The third-order valence-corrected chi connectivity index (χ3v) is 4.81. The van der Waals surface area contributed by atoms with Crippen molar-refractivity contribution in [3.8, 4) is 0 Å². The summed E-state index contributed by atoms with van der Waals surface area (Å²) < 4.78 is 0. The molecule has 0 radical (unpaired) electrons. The first-order chi connectivity index (χ1) is 8.72. The van der Waals surface area contributed by atoms with Crippen LogP contribution in [0, 0.1) is 11.8 Å². The van der Waals surface area contributed by atoms with E-state index in [4.69, 9.17) is 0 Å². The van der Waals surface area contributed by atoms with Gasteiger partial charge in [0.25, 0.3) is 0 Å². The van der Waals surface area contributed by atoms with Crippen molar-refractivity contribution in [3.63, 3.8) is 0 Å². The third-order valence-electron chi connectivity index (χ3n) is 4.81. The molecule has 0 aromatic carbocycles. The van der Waals surface area contributed by atoms with Gasteiger partial charge in [-0.3, -0.25) is 4.79 Å². The van der Waals surface area contributed by atoms with Gasteiger partial charge < -0.3 is 10.2 Å². The first-order valence-electron chi connectivity index (χ1n) is 7.72. The largest absolute Gasteiger partial charge is 0.340 e. The van der Waals surface area contributed by atoms with E-state index in [0.29, 0.717) is 23.8 Å². The standard InChI is InChI=1S/C15H28N2O/c1-3-14-7-5-9-17(14)15(18)10-12(2)13-6-4-8-16-11-13/h12-14,16H,3-11H2,1-2H3. The van der Waals surface area contributed by atoms with Crippen molar-refractivity contribution in [2.45, 2.75) is 58.4 Å². The minimum absolute atomic E-state index is 0.400. The maximum atomic E-state index is 12.4. The molecule has 1 amide bonds. The van der Waals surface area contributed by atoms with Crippen molar-refractivity contribution >= 4 is 5.91 Å². The quantitative estimate of drug-likeness (QED) is 0.833. The highest BCUT2D eigenvalue weighted by Gasteiger charge is 2.29. The van der Waals surface area contributed by atoms with E-state index in [9.17, 15) is 4.79 Å². The molecule has 0 aromatic rings. The Bertz CT molecular complexity index is 274. The number of carbonyl (C=O) groups is 1. The maximum absolute atomic E-state index is 12.4. The van der Waals surface area contributed by atoms with E-state index < -0.39 is 0 Å². The number of nitrogens with zero attached hydrogens (tertiary/aromatic N) is 1. The summed E-state index contributed by atoms with van der Waals surface area (Å²) in [6.45, 7) is 7.71. The molecule has 0 saturated carbocycles. The fourth-order valence-electron chi connectivity index (χ4n) is 3.51. The lowest BCUT2D eigenvalue weighted by Gasteiger charge is -2.30. The molecule has 0 bridgehead atoms. The number of rotatable bonds is 4. The second kappa shape index (κ2) is 6.55. The van der Waals surface area contributed by atoms with Gasteiger partial charge in [0, 0.05) is 19.0 Å². The number of piperidine rings is 1. The summed E-state index contributed by atoms with van der Waals surface area (Å²) in [6.07, 6.45) is 6.84. The van der Waals surface area contributed by atoms with E-state index in [2.05, 4.69) is 24.1 Å². The number of hydrogen-bond acceptors (Lipinski definition) is 2. The maximum Gasteiger partial charge on any atom is 0.223 e. The van der Waals surface area contributed by atoms with Crippen LogP contribution in [0.5, 0.6) is 0 Å². The third kappa shape index (κ3) is 3.25. The first kappa shape index (κ1) is 13.9. The Kier molecular flexibility index (Phi) is 5.04. The fraction of sp³-hybridized carbons (Fsp3) is 0.933. The predicted molar refractivity (Wildman–Crippen MR) is 74.4 cm³/mol. The Balaban J connectivity index is 1.82. The topological polar surface area (TPSA) is 32.3 Å². The number of likely N-dealkylation sites (tertiary alicyclic amines) is 1. The molecule has 1 N–H and O–H groups in total. The first-order valence-corrected chi connectivity index (χ1v) is 7.72. The summed E-state index contributed by atoms with van der Waals surface area (Å²) >= 11 is 0. The number of nitrogens with one attached hydrogen (secondary N) is 1. The molecule has 0 aromatic heterocycles. The zero-order valence-corrected chi connectivity index (χ0v) is 12.0. The highest BCUT2D eigenvalue weighted by molar-refractivity contribution is 5.77. The Morgan fingerprint density at radius 2 is 2.22 bits per heavy atom. The van der Waals surface area contributed by atoms with E-state index in [1.807, 2.05) is 0 Å². The number of amides is 1. The van der Waals surface area contributed by atoms with E-state index in [1.165, 1.54) is 25.7 Å². The number of hydrogen-bond donors (Lipinski definition) is 1. The van der Waals surface area contributed by atoms with Gasteiger partial charge in [0.1, 0.15) is 0 Å². The van der Waals surface area contributed by atoms with E-state index in [0.717, 1.165) is 32.5 Å². The van der Waals surface area contributed by atoms with Crippen LogP contribution in [0.3, 0.4) is 0 Å². The average Bonchev–Trinajstić information content (AvgIpc) is 2.88.